The van der Waals surface area contributed by atoms with E-state index in [1.807, 2.05) is 26.0 Å². The average Bonchev–Trinajstić information content (AvgIpc) is 2.08. The zero-order valence-corrected chi connectivity index (χ0v) is 10.0. The first-order valence-electron chi connectivity index (χ1n) is 4.89. The van der Waals surface area contributed by atoms with E-state index in [2.05, 4.69) is 0 Å². The summed E-state index contributed by atoms with van der Waals surface area (Å²) < 4.78 is 5.55. The van der Waals surface area contributed by atoms with Crippen molar-refractivity contribution in [3.05, 3.63) is 28.3 Å². The Morgan fingerprint density at radius 3 is 2.33 bits per heavy atom. The molecule has 0 atom stereocenters. The van der Waals surface area contributed by atoms with Gasteiger partial charge in [-0.05, 0) is 44.0 Å². The van der Waals surface area contributed by atoms with Gasteiger partial charge in [-0.2, -0.15) is 0 Å². The van der Waals surface area contributed by atoms with E-state index < -0.39 is 0 Å². The molecular weight excluding hydrogens is 212 g/mol. The molecule has 15 heavy (non-hydrogen) atoms. The van der Waals surface area contributed by atoms with Crippen molar-refractivity contribution < 1.29 is 9.53 Å². The molecule has 0 heterocycles. The lowest BCUT2D eigenvalue weighted by Gasteiger charge is -2.11. The predicted molar refractivity (Wildman–Crippen MR) is 61.7 cm³/mol. The molecule has 0 unspecified atom stereocenters. The highest BCUT2D eigenvalue weighted by Crippen LogP contribution is 2.26. The van der Waals surface area contributed by atoms with Crippen LogP contribution in [0.15, 0.2) is 12.1 Å². The number of carbonyl (C=O) groups is 1. The van der Waals surface area contributed by atoms with Crippen LogP contribution in [-0.2, 0) is 4.79 Å². The fourth-order valence-electron chi connectivity index (χ4n) is 1.42. The Morgan fingerprint density at radius 2 is 1.87 bits per heavy atom. The second-order valence-electron chi connectivity index (χ2n) is 3.67. The molecule has 1 rings (SSSR count). The third-order valence-corrected chi connectivity index (χ3v) is 2.34. The van der Waals surface area contributed by atoms with Crippen molar-refractivity contribution >= 4 is 17.4 Å². The Morgan fingerprint density at radius 1 is 1.33 bits per heavy atom. The number of ketones is 1. The third-order valence-electron chi connectivity index (χ3n) is 2.13. The molecule has 0 aromatic heterocycles. The lowest BCUT2D eigenvalue weighted by molar-refractivity contribution is -0.117. The third kappa shape index (κ3) is 3.56. The first-order chi connectivity index (χ1) is 7.00. The normalized spacial score (nSPS) is 10.1. The number of halogens is 1. The lowest BCUT2D eigenvalue weighted by atomic mass is 10.1. The molecular formula is C12H15ClO2. The number of ether oxygens (including phenoxy) is 1. The zero-order valence-electron chi connectivity index (χ0n) is 9.26. The highest BCUT2D eigenvalue weighted by Gasteiger charge is 2.05. The van der Waals surface area contributed by atoms with Gasteiger partial charge in [0.2, 0.25) is 0 Å². The first kappa shape index (κ1) is 12.1. The Kier molecular flexibility index (Phi) is 4.15. The topological polar surface area (TPSA) is 26.3 Å². The van der Waals surface area contributed by atoms with E-state index in [0.29, 0.717) is 18.1 Å². The van der Waals surface area contributed by atoms with Crippen LogP contribution in [0.5, 0.6) is 5.75 Å². The maximum absolute atomic E-state index is 10.8. The number of hydrogen-bond donors (Lipinski definition) is 0. The number of aryl methyl sites for hydroxylation is 2. The van der Waals surface area contributed by atoms with Gasteiger partial charge in [0.25, 0.3) is 0 Å². The van der Waals surface area contributed by atoms with E-state index in [4.69, 9.17) is 16.3 Å². The van der Waals surface area contributed by atoms with Crippen molar-refractivity contribution in [2.45, 2.75) is 27.2 Å². The molecule has 1 aromatic rings. The molecule has 3 heteroatoms. The summed E-state index contributed by atoms with van der Waals surface area (Å²) in [4.78, 5) is 10.8. The van der Waals surface area contributed by atoms with Crippen LogP contribution in [0.4, 0.5) is 0 Å². The summed E-state index contributed by atoms with van der Waals surface area (Å²) in [5, 5.41) is 0.712. The van der Waals surface area contributed by atoms with Gasteiger partial charge in [-0.15, -0.1) is 0 Å². The van der Waals surface area contributed by atoms with Crippen LogP contribution in [0.2, 0.25) is 5.02 Å². The number of Topliss-reactive ketones (excluding diaryl/α,β-unsaturated/α-hetero) is 1. The molecule has 2 nitrogen and oxygen atoms in total. The lowest BCUT2D eigenvalue weighted by Crippen LogP contribution is -2.04. The molecule has 0 spiro atoms. The summed E-state index contributed by atoms with van der Waals surface area (Å²) in [7, 11) is 0. The SMILES string of the molecule is CC(=O)CCOc1c(C)cc(Cl)cc1C. The minimum atomic E-state index is 0.138. The van der Waals surface area contributed by atoms with Gasteiger partial charge in [0.15, 0.2) is 0 Å². The Hall–Kier alpha value is -1.02. The highest BCUT2D eigenvalue weighted by molar-refractivity contribution is 6.30. The van der Waals surface area contributed by atoms with Crippen LogP contribution < -0.4 is 4.74 Å². The van der Waals surface area contributed by atoms with E-state index in [9.17, 15) is 4.79 Å². The number of hydrogen-bond acceptors (Lipinski definition) is 2. The fraction of sp³-hybridized carbons (Fsp3) is 0.417. The Bertz CT molecular complexity index is 349. The van der Waals surface area contributed by atoms with Crippen LogP contribution >= 0.6 is 11.6 Å². The molecule has 0 radical (unpaired) electrons. The maximum atomic E-state index is 10.8. The molecule has 0 bridgehead atoms. The molecule has 0 aliphatic rings. The van der Waals surface area contributed by atoms with Crippen molar-refractivity contribution in [1.82, 2.24) is 0 Å². The summed E-state index contributed by atoms with van der Waals surface area (Å²) in [5.74, 6) is 0.972. The minimum absolute atomic E-state index is 0.138. The standard InChI is InChI=1S/C12H15ClO2/c1-8-6-11(13)7-9(2)12(8)15-5-4-10(3)14/h6-7H,4-5H2,1-3H3. The smallest absolute Gasteiger partial charge is 0.133 e. The van der Waals surface area contributed by atoms with Crippen molar-refractivity contribution in [1.29, 1.82) is 0 Å². The van der Waals surface area contributed by atoms with Gasteiger partial charge in [-0.1, -0.05) is 11.6 Å². The quantitative estimate of drug-likeness (QED) is 0.788. The molecule has 0 N–H and O–H groups in total. The molecule has 0 saturated carbocycles. The molecule has 0 aliphatic heterocycles. The van der Waals surface area contributed by atoms with E-state index in [1.165, 1.54) is 0 Å². The van der Waals surface area contributed by atoms with Crippen molar-refractivity contribution in [3.63, 3.8) is 0 Å². The minimum Gasteiger partial charge on any atom is -0.493 e. The largest absolute Gasteiger partial charge is 0.493 e. The van der Waals surface area contributed by atoms with Crippen molar-refractivity contribution in [3.8, 4) is 5.75 Å². The van der Waals surface area contributed by atoms with Crippen molar-refractivity contribution in [2.75, 3.05) is 6.61 Å². The maximum Gasteiger partial charge on any atom is 0.133 e. The van der Waals surface area contributed by atoms with E-state index in [0.717, 1.165) is 16.9 Å². The molecule has 0 aliphatic carbocycles. The first-order valence-corrected chi connectivity index (χ1v) is 5.27. The van der Waals surface area contributed by atoms with Gasteiger partial charge >= 0.3 is 0 Å². The Balaban J connectivity index is 2.72. The summed E-state index contributed by atoms with van der Waals surface area (Å²) in [5.41, 5.74) is 2.01. The molecule has 0 saturated heterocycles. The fourth-order valence-corrected chi connectivity index (χ4v) is 1.75. The van der Waals surface area contributed by atoms with E-state index in [1.54, 1.807) is 6.92 Å². The van der Waals surface area contributed by atoms with Gasteiger partial charge < -0.3 is 4.74 Å². The van der Waals surface area contributed by atoms with Gasteiger partial charge in [0.05, 0.1) is 6.61 Å². The Labute approximate surface area is 95.2 Å². The summed E-state index contributed by atoms with van der Waals surface area (Å²) in [6, 6.07) is 3.72. The highest BCUT2D eigenvalue weighted by atomic mass is 35.5. The second kappa shape index (κ2) is 5.17. The molecule has 1 aromatic carbocycles. The van der Waals surface area contributed by atoms with Crippen LogP contribution in [0.3, 0.4) is 0 Å². The predicted octanol–water partition coefficient (Wildman–Crippen LogP) is 3.31. The van der Waals surface area contributed by atoms with E-state index >= 15 is 0 Å². The second-order valence-corrected chi connectivity index (χ2v) is 4.11. The summed E-state index contributed by atoms with van der Waals surface area (Å²) in [6.07, 6.45) is 0.446. The van der Waals surface area contributed by atoms with Crippen LogP contribution in [0.25, 0.3) is 0 Å². The van der Waals surface area contributed by atoms with Crippen LogP contribution in [0, 0.1) is 13.8 Å². The van der Waals surface area contributed by atoms with Gasteiger partial charge in [0.1, 0.15) is 11.5 Å². The van der Waals surface area contributed by atoms with Crippen LogP contribution in [-0.4, -0.2) is 12.4 Å². The van der Waals surface area contributed by atoms with Gasteiger partial charge in [0, 0.05) is 11.4 Å². The van der Waals surface area contributed by atoms with E-state index in [-0.39, 0.29) is 5.78 Å². The number of carbonyl (C=O) groups excluding carboxylic acids is 1. The van der Waals surface area contributed by atoms with Gasteiger partial charge in [-0.25, -0.2) is 0 Å². The number of benzene rings is 1. The van der Waals surface area contributed by atoms with Crippen molar-refractivity contribution in [2.24, 2.45) is 0 Å². The summed E-state index contributed by atoms with van der Waals surface area (Å²) in [6.45, 7) is 5.88. The average molecular weight is 227 g/mol. The molecule has 0 amide bonds. The summed E-state index contributed by atoms with van der Waals surface area (Å²) >= 11 is 5.90. The zero-order chi connectivity index (χ0) is 11.4. The molecule has 82 valence electrons. The monoisotopic (exact) mass is 226 g/mol. The van der Waals surface area contributed by atoms with Gasteiger partial charge in [-0.3, -0.25) is 4.79 Å². The number of rotatable bonds is 4. The van der Waals surface area contributed by atoms with Crippen LogP contribution in [0.1, 0.15) is 24.5 Å². The molecule has 0 fully saturated rings.